The summed E-state index contributed by atoms with van der Waals surface area (Å²) in [5, 5.41) is 23.7. The van der Waals surface area contributed by atoms with Crippen LogP contribution in [0.3, 0.4) is 0 Å². The molecule has 0 aromatic carbocycles. The summed E-state index contributed by atoms with van der Waals surface area (Å²) in [6.07, 6.45) is 0. The molecular weight excluding hydrogens is 296 g/mol. The monoisotopic (exact) mass is 314 g/mol. The molecule has 0 aliphatic carbocycles. The summed E-state index contributed by atoms with van der Waals surface area (Å²) in [5.41, 5.74) is 0.528. The molecule has 0 atom stereocenters. The Bertz CT molecular complexity index is 277. The van der Waals surface area contributed by atoms with Gasteiger partial charge in [-0.05, 0) is 20.8 Å². The first-order chi connectivity index (χ1) is 7.93. The van der Waals surface area contributed by atoms with Crippen molar-refractivity contribution < 1.29 is 46.8 Å². The molecule has 0 rings (SSSR count). The third kappa shape index (κ3) is 31.4. The van der Waals surface area contributed by atoms with E-state index >= 15 is 0 Å². The minimum atomic E-state index is -0.935. The Labute approximate surface area is 122 Å². The Morgan fingerprint density at radius 2 is 0.684 bits per heavy atom. The summed E-state index contributed by atoms with van der Waals surface area (Å²) < 4.78 is 0. The summed E-state index contributed by atoms with van der Waals surface area (Å²) in [5.74, 6) is -2.81. The minimum absolute atomic E-state index is 0. The zero-order chi connectivity index (χ0) is 15.5. The fraction of sp³-hybridized carbons (Fsp3) is 0.250. The van der Waals surface area contributed by atoms with Crippen molar-refractivity contribution in [1.29, 1.82) is 0 Å². The second kappa shape index (κ2) is 14.2. The van der Waals surface area contributed by atoms with Gasteiger partial charge in [-0.2, -0.15) is 0 Å². The Balaban J connectivity index is -0.0000000865. The van der Waals surface area contributed by atoms with Crippen LogP contribution in [0.5, 0.6) is 0 Å². The van der Waals surface area contributed by atoms with Gasteiger partial charge in [-0.1, -0.05) is 19.7 Å². The third-order valence-electron chi connectivity index (χ3n) is 1.10. The van der Waals surface area contributed by atoms with Crippen LogP contribution in [0.4, 0.5) is 0 Å². The maximum absolute atomic E-state index is 9.60. The smallest absolute Gasteiger partial charge is 0.330 e. The van der Waals surface area contributed by atoms with Gasteiger partial charge in [0.15, 0.2) is 0 Å². The summed E-state index contributed by atoms with van der Waals surface area (Å²) in [7, 11) is 0. The minimum Gasteiger partial charge on any atom is -0.478 e. The zero-order valence-corrected chi connectivity index (χ0v) is 12.1. The molecule has 0 amide bonds. The fourth-order valence-corrected chi connectivity index (χ4v) is 0. The van der Waals surface area contributed by atoms with Crippen molar-refractivity contribution in [2.75, 3.05) is 0 Å². The maximum Gasteiger partial charge on any atom is 0.330 e. The van der Waals surface area contributed by atoms with Gasteiger partial charge in [-0.15, -0.1) is 0 Å². The van der Waals surface area contributed by atoms with Gasteiger partial charge >= 0.3 is 17.9 Å². The van der Waals surface area contributed by atoms with Gasteiger partial charge in [0, 0.05) is 33.8 Å². The number of hydrogen-bond acceptors (Lipinski definition) is 3. The molecule has 0 aromatic heterocycles. The number of carboxylic acids is 3. The van der Waals surface area contributed by atoms with Crippen molar-refractivity contribution in [2.45, 2.75) is 20.8 Å². The average molecular weight is 314 g/mol. The second-order valence-corrected chi connectivity index (χ2v) is 3.26. The van der Waals surface area contributed by atoms with Gasteiger partial charge in [-0.3, -0.25) is 0 Å². The molecule has 6 nitrogen and oxygen atoms in total. The maximum atomic E-state index is 9.60. The summed E-state index contributed by atoms with van der Waals surface area (Å²) in [4.78, 5) is 28.8. The quantitative estimate of drug-likeness (QED) is 0.542. The molecule has 0 heterocycles. The van der Waals surface area contributed by atoms with Gasteiger partial charge in [-0.25, -0.2) is 14.4 Å². The van der Waals surface area contributed by atoms with E-state index < -0.39 is 17.9 Å². The van der Waals surface area contributed by atoms with Crippen molar-refractivity contribution in [3.8, 4) is 0 Å². The second-order valence-electron chi connectivity index (χ2n) is 3.26. The Morgan fingerprint density at radius 3 is 0.684 bits per heavy atom. The third-order valence-corrected chi connectivity index (χ3v) is 1.10. The molecule has 0 saturated carbocycles. The van der Waals surface area contributed by atoms with Gasteiger partial charge in [0.2, 0.25) is 0 Å². The molecule has 3 N–H and O–H groups in total. The molecule has 0 unspecified atom stereocenters. The molecule has 0 fully saturated rings. The normalized spacial score (nSPS) is 7.11. The Hall–Kier alpha value is -1.85. The van der Waals surface area contributed by atoms with Crippen molar-refractivity contribution in [1.82, 2.24) is 0 Å². The molecule has 0 aliphatic rings. The van der Waals surface area contributed by atoms with Crippen LogP contribution in [-0.2, 0) is 31.5 Å². The molecule has 0 bridgehead atoms. The van der Waals surface area contributed by atoms with E-state index in [4.69, 9.17) is 15.3 Å². The van der Waals surface area contributed by atoms with Crippen LogP contribution in [0.25, 0.3) is 0 Å². The molecule has 110 valence electrons. The first-order valence-corrected chi connectivity index (χ1v) is 4.59. The average Bonchev–Trinajstić information content (AvgIpc) is 2.18. The van der Waals surface area contributed by atoms with Crippen LogP contribution in [0.2, 0.25) is 0 Å². The van der Waals surface area contributed by atoms with Crippen LogP contribution < -0.4 is 0 Å². The van der Waals surface area contributed by atoms with E-state index in [2.05, 4.69) is 19.7 Å². The van der Waals surface area contributed by atoms with Crippen LogP contribution in [0, 0.1) is 0 Å². The van der Waals surface area contributed by atoms with Crippen LogP contribution in [-0.4, -0.2) is 33.2 Å². The SMILES string of the molecule is C=C(C)C(=O)O.C=C(C)C(=O)O.C=C(C)C(=O)O.[Fe]. The van der Waals surface area contributed by atoms with E-state index in [1.165, 1.54) is 20.8 Å². The first kappa shape index (κ1) is 25.9. The van der Waals surface area contributed by atoms with E-state index in [0.717, 1.165) is 0 Å². The predicted molar refractivity (Wildman–Crippen MR) is 67.3 cm³/mol. The van der Waals surface area contributed by atoms with E-state index in [9.17, 15) is 14.4 Å². The number of hydrogen-bond donors (Lipinski definition) is 3. The van der Waals surface area contributed by atoms with Crippen molar-refractivity contribution in [2.24, 2.45) is 0 Å². The molecule has 0 spiro atoms. The van der Waals surface area contributed by atoms with Crippen molar-refractivity contribution in [3.63, 3.8) is 0 Å². The number of rotatable bonds is 3. The number of carbonyl (C=O) groups is 3. The van der Waals surface area contributed by atoms with E-state index in [1.807, 2.05) is 0 Å². The summed E-state index contributed by atoms with van der Waals surface area (Å²) in [6.45, 7) is 13.8. The number of aliphatic carboxylic acids is 3. The van der Waals surface area contributed by atoms with Crippen molar-refractivity contribution >= 4 is 17.9 Å². The van der Waals surface area contributed by atoms with E-state index in [-0.39, 0.29) is 33.8 Å². The van der Waals surface area contributed by atoms with Crippen LogP contribution >= 0.6 is 0 Å². The summed E-state index contributed by atoms with van der Waals surface area (Å²) in [6, 6.07) is 0. The zero-order valence-electron chi connectivity index (χ0n) is 11.0. The molecule has 0 radical (unpaired) electrons. The van der Waals surface area contributed by atoms with Gasteiger partial charge in [0.1, 0.15) is 0 Å². The predicted octanol–water partition coefficient (Wildman–Crippen LogP) is 1.94. The van der Waals surface area contributed by atoms with Crippen LogP contribution in [0.15, 0.2) is 36.5 Å². The van der Waals surface area contributed by atoms with E-state index in [0.29, 0.717) is 0 Å². The van der Waals surface area contributed by atoms with E-state index in [1.54, 1.807) is 0 Å². The molecule has 0 aliphatic heterocycles. The molecule has 0 saturated heterocycles. The van der Waals surface area contributed by atoms with Crippen LogP contribution in [0.1, 0.15) is 20.8 Å². The van der Waals surface area contributed by atoms with Crippen molar-refractivity contribution in [3.05, 3.63) is 36.5 Å². The van der Waals surface area contributed by atoms with Gasteiger partial charge in [0.25, 0.3) is 0 Å². The number of carboxylic acid groups (broad SMARTS) is 3. The largest absolute Gasteiger partial charge is 0.478 e. The molecular formula is C12H18FeO6. The van der Waals surface area contributed by atoms with Gasteiger partial charge < -0.3 is 15.3 Å². The molecule has 19 heavy (non-hydrogen) atoms. The topological polar surface area (TPSA) is 112 Å². The fourth-order valence-electron chi connectivity index (χ4n) is 0. The molecule has 7 heteroatoms. The summed E-state index contributed by atoms with van der Waals surface area (Å²) >= 11 is 0. The van der Waals surface area contributed by atoms with Gasteiger partial charge in [0.05, 0.1) is 0 Å². The molecule has 0 aromatic rings. The Morgan fingerprint density at radius 1 is 0.632 bits per heavy atom. The Kier molecular flexibility index (Phi) is 19.3. The standard InChI is InChI=1S/3C4H6O2.Fe/c3*1-3(2)4(5)6;/h3*1H2,2H3,(H,5,6);. The first-order valence-electron chi connectivity index (χ1n) is 4.59.